The number of nitriles is 3. The van der Waals surface area contributed by atoms with Crippen LogP contribution < -0.4 is 0 Å². The van der Waals surface area contributed by atoms with E-state index < -0.39 is 0 Å². The number of hydrogen-bond donors (Lipinski definition) is 0. The largest absolute Gasteiger partial charge is 0.273 e. The molecule has 0 aromatic carbocycles. The zero-order valence-corrected chi connectivity index (χ0v) is 8.49. The first-order valence-electron chi connectivity index (χ1n) is 4.54. The highest BCUT2D eigenvalue weighted by Crippen LogP contribution is 2.11. The lowest BCUT2D eigenvalue weighted by atomic mass is 10.3. The lowest BCUT2D eigenvalue weighted by Crippen LogP contribution is -1.99. The third-order valence-electron chi connectivity index (χ3n) is 2.10. The van der Waals surface area contributed by atoms with Crippen LogP contribution in [0.2, 0.25) is 0 Å². The maximum Gasteiger partial charge on any atom is 0.177 e. The Balaban J connectivity index is 2.55. The van der Waals surface area contributed by atoms with E-state index in [9.17, 15) is 0 Å². The van der Waals surface area contributed by atoms with Gasteiger partial charge in [0.25, 0.3) is 0 Å². The molecular formula is C11H4N6. The molecule has 0 aliphatic rings. The van der Waals surface area contributed by atoms with Gasteiger partial charge < -0.3 is 0 Å². The monoisotopic (exact) mass is 220 g/mol. The summed E-state index contributed by atoms with van der Waals surface area (Å²) in [6.45, 7) is 0. The van der Waals surface area contributed by atoms with Gasteiger partial charge in [0.2, 0.25) is 0 Å². The van der Waals surface area contributed by atoms with Gasteiger partial charge in [-0.05, 0) is 12.1 Å². The number of imidazole rings is 1. The minimum absolute atomic E-state index is 0.0543. The van der Waals surface area contributed by atoms with Crippen molar-refractivity contribution >= 4 is 0 Å². The second-order valence-corrected chi connectivity index (χ2v) is 3.05. The van der Waals surface area contributed by atoms with Gasteiger partial charge in [-0.3, -0.25) is 4.57 Å². The van der Waals surface area contributed by atoms with E-state index in [1.54, 1.807) is 12.1 Å². The average Bonchev–Trinajstić information content (AvgIpc) is 2.81. The zero-order chi connectivity index (χ0) is 12.3. The molecule has 0 aliphatic carbocycles. The van der Waals surface area contributed by atoms with Gasteiger partial charge in [-0.1, -0.05) is 0 Å². The zero-order valence-electron chi connectivity index (χ0n) is 8.49. The highest BCUT2D eigenvalue weighted by Gasteiger charge is 2.11. The molecule has 0 amide bonds. The summed E-state index contributed by atoms with van der Waals surface area (Å²) in [5, 5.41) is 26.3. The minimum atomic E-state index is 0.0543. The molecule has 0 fully saturated rings. The molecule has 0 N–H and O–H groups in total. The molecule has 0 saturated heterocycles. The second kappa shape index (κ2) is 4.14. The van der Waals surface area contributed by atoms with E-state index >= 15 is 0 Å². The predicted molar refractivity (Wildman–Crippen MR) is 55.5 cm³/mol. The number of pyridine rings is 1. The van der Waals surface area contributed by atoms with E-state index in [1.807, 2.05) is 18.2 Å². The normalized spacial score (nSPS) is 9.00. The van der Waals surface area contributed by atoms with Gasteiger partial charge in [-0.2, -0.15) is 15.8 Å². The van der Waals surface area contributed by atoms with Gasteiger partial charge in [0.05, 0.1) is 5.56 Å². The van der Waals surface area contributed by atoms with Crippen molar-refractivity contribution in [1.82, 2.24) is 14.5 Å². The second-order valence-electron chi connectivity index (χ2n) is 3.05. The molecule has 0 radical (unpaired) electrons. The Morgan fingerprint density at radius 1 is 1.00 bits per heavy atom. The van der Waals surface area contributed by atoms with Gasteiger partial charge in [0, 0.05) is 6.20 Å². The molecular weight excluding hydrogens is 216 g/mol. The quantitative estimate of drug-likeness (QED) is 0.709. The van der Waals surface area contributed by atoms with Crippen LogP contribution in [0.3, 0.4) is 0 Å². The van der Waals surface area contributed by atoms with Gasteiger partial charge in [0.1, 0.15) is 30.4 Å². The van der Waals surface area contributed by atoms with Crippen molar-refractivity contribution in [3.63, 3.8) is 0 Å². The predicted octanol–water partition coefficient (Wildman–Crippen LogP) is 0.882. The number of aromatic nitrogens is 3. The molecule has 2 aromatic rings. The molecule has 0 aliphatic heterocycles. The lowest BCUT2D eigenvalue weighted by molar-refractivity contribution is 0.974. The van der Waals surface area contributed by atoms with E-state index in [1.165, 1.54) is 17.1 Å². The maximum atomic E-state index is 8.94. The summed E-state index contributed by atoms with van der Waals surface area (Å²) in [5.74, 6) is 0.439. The fraction of sp³-hybridized carbons (Fsp3) is 0. The van der Waals surface area contributed by atoms with Gasteiger partial charge in [-0.25, -0.2) is 9.97 Å². The van der Waals surface area contributed by atoms with Crippen LogP contribution in [0.5, 0.6) is 0 Å². The third-order valence-corrected chi connectivity index (χ3v) is 2.10. The van der Waals surface area contributed by atoms with Gasteiger partial charge in [-0.15, -0.1) is 0 Å². The van der Waals surface area contributed by atoms with Crippen molar-refractivity contribution in [2.45, 2.75) is 0 Å². The first-order chi connectivity index (χ1) is 8.30. The average molecular weight is 220 g/mol. The third kappa shape index (κ3) is 1.69. The Labute approximate surface area is 96.6 Å². The van der Waals surface area contributed by atoms with Crippen LogP contribution in [-0.2, 0) is 0 Å². The van der Waals surface area contributed by atoms with Crippen molar-refractivity contribution in [3.05, 3.63) is 41.6 Å². The maximum absolute atomic E-state index is 8.94. The van der Waals surface area contributed by atoms with Crippen LogP contribution in [0, 0.1) is 34.0 Å². The van der Waals surface area contributed by atoms with Crippen LogP contribution in [0.4, 0.5) is 0 Å². The van der Waals surface area contributed by atoms with Crippen molar-refractivity contribution < 1.29 is 0 Å². The smallest absolute Gasteiger partial charge is 0.177 e. The van der Waals surface area contributed by atoms with Crippen LogP contribution in [-0.4, -0.2) is 14.5 Å². The molecule has 0 spiro atoms. The fourth-order valence-electron chi connectivity index (χ4n) is 1.31. The molecule has 78 valence electrons. The molecule has 2 aromatic heterocycles. The van der Waals surface area contributed by atoms with Crippen molar-refractivity contribution in [2.24, 2.45) is 0 Å². The Morgan fingerprint density at radius 3 is 2.35 bits per heavy atom. The molecule has 6 heteroatoms. The summed E-state index contributed by atoms with van der Waals surface area (Å²) in [5.41, 5.74) is 0.608. The topological polar surface area (TPSA) is 102 Å². The van der Waals surface area contributed by atoms with Gasteiger partial charge in [0.15, 0.2) is 11.4 Å². The summed E-state index contributed by atoms with van der Waals surface area (Å²) in [6.07, 6.45) is 2.74. The molecule has 0 saturated carbocycles. The summed E-state index contributed by atoms with van der Waals surface area (Å²) in [7, 11) is 0. The number of hydrogen-bond acceptors (Lipinski definition) is 5. The van der Waals surface area contributed by atoms with Crippen molar-refractivity contribution in [2.75, 3.05) is 0 Å². The molecule has 0 bridgehead atoms. The van der Waals surface area contributed by atoms with Crippen LogP contribution in [0.15, 0.2) is 24.7 Å². The summed E-state index contributed by atoms with van der Waals surface area (Å²) < 4.78 is 1.40. The van der Waals surface area contributed by atoms with E-state index in [-0.39, 0.29) is 11.4 Å². The van der Waals surface area contributed by atoms with E-state index in [0.717, 1.165) is 0 Å². The number of nitrogens with zero attached hydrogens (tertiary/aromatic N) is 6. The lowest BCUT2D eigenvalue weighted by Gasteiger charge is -2.01. The molecule has 2 heterocycles. The Hall–Kier alpha value is -3.17. The highest BCUT2D eigenvalue weighted by atomic mass is 15.1. The first-order valence-corrected chi connectivity index (χ1v) is 4.54. The van der Waals surface area contributed by atoms with Gasteiger partial charge >= 0.3 is 0 Å². The van der Waals surface area contributed by atoms with Crippen LogP contribution in [0.25, 0.3) is 5.82 Å². The summed E-state index contributed by atoms with van der Waals surface area (Å²) >= 11 is 0. The molecule has 17 heavy (non-hydrogen) atoms. The Kier molecular flexibility index (Phi) is 2.52. The first kappa shape index (κ1) is 10.4. The van der Waals surface area contributed by atoms with Crippen LogP contribution in [0.1, 0.15) is 17.0 Å². The number of rotatable bonds is 1. The highest BCUT2D eigenvalue weighted by molar-refractivity contribution is 5.42. The molecule has 2 rings (SSSR count). The minimum Gasteiger partial charge on any atom is -0.273 e. The summed E-state index contributed by atoms with van der Waals surface area (Å²) in [6, 6.07) is 8.83. The molecule has 0 unspecified atom stereocenters. The Bertz CT molecular complexity index is 675. The van der Waals surface area contributed by atoms with Crippen molar-refractivity contribution in [3.8, 4) is 24.0 Å². The standard InChI is InChI=1S/C11H4N6/c12-3-8-1-2-11(15-6-8)17-7-16-9(4-13)10(17)5-14/h1-2,6-7H. The van der Waals surface area contributed by atoms with E-state index in [2.05, 4.69) is 9.97 Å². The Morgan fingerprint density at radius 2 is 1.82 bits per heavy atom. The molecule has 0 atom stereocenters. The van der Waals surface area contributed by atoms with E-state index in [4.69, 9.17) is 15.8 Å². The summed E-state index contributed by atoms with van der Waals surface area (Å²) in [4.78, 5) is 7.81. The van der Waals surface area contributed by atoms with E-state index in [0.29, 0.717) is 11.4 Å². The SMILES string of the molecule is N#Cc1ccc(-n2cnc(C#N)c2C#N)nc1. The molecule has 6 nitrogen and oxygen atoms in total. The van der Waals surface area contributed by atoms with Crippen molar-refractivity contribution in [1.29, 1.82) is 15.8 Å². The fourth-order valence-corrected chi connectivity index (χ4v) is 1.31. The van der Waals surface area contributed by atoms with Crippen LogP contribution >= 0.6 is 0 Å².